The van der Waals surface area contributed by atoms with Gasteiger partial charge in [0.1, 0.15) is 5.60 Å². The number of carbonyl (C=O) groups is 1. The number of carbonyl (C=O) groups excluding carboxylic acids is 1. The van der Waals surface area contributed by atoms with Crippen molar-refractivity contribution in [1.29, 1.82) is 0 Å². The second kappa shape index (κ2) is 2.87. The highest BCUT2D eigenvalue weighted by molar-refractivity contribution is 5.76. The number of fused-ring (bicyclic) bond motifs is 2. The Morgan fingerprint density at radius 2 is 1.86 bits per heavy atom. The van der Waals surface area contributed by atoms with Crippen LogP contribution in [0.15, 0.2) is 0 Å². The van der Waals surface area contributed by atoms with Gasteiger partial charge in [-0.1, -0.05) is 0 Å². The van der Waals surface area contributed by atoms with Crippen molar-refractivity contribution in [3.63, 3.8) is 0 Å². The fourth-order valence-corrected chi connectivity index (χ4v) is 2.54. The monoisotopic (exact) mass is 208 g/mol. The number of esters is 1. The summed E-state index contributed by atoms with van der Waals surface area (Å²) in [6.07, 6.45) is -1.25. The molecule has 0 heterocycles. The summed E-state index contributed by atoms with van der Waals surface area (Å²) in [5, 5.41) is 0. The highest BCUT2D eigenvalue weighted by Crippen LogP contribution is 2.50. The molecule has 2 saturated carbocycles. The van der Waals surface area contributed by atoms with E-state index in [1.165, 1.54) is 0 Å². The smallest absolute Gasteiger partial charge is 0.452 e. The summed E-state index contributed by atoms with van der Waals surface area (Å²) in [6, 6.07) is 0. The van der Waals surface area contributed by atoms with Gasteiger partial charge in [-0.25, -0.2) is 4.79 Å². The molecular weight excluding hydrogens is 197 g/mol. The molecule has 0 aromatic heterocycles. The van der Waals surface area contributed by atoms with Crippen molar-refractivity contribution in [3.8, 4) is 0 Å². The normalized spacial score (nSPS) is 36.1. The lowest BCUT2D eigenvalue weighted by Crippen LogP contribution is -2.36. The van der Waals surface area contributed by atoms with Crippen molar-refractivity contribution in [2.24, 2.45) is 5.92 Å². The second-order valence-corrected chi connectivity index (χ2v) is 4.22. The summed E-state index contributed by atoms with van der Waals surface area (Å²) in [4.78, 5) is 10.7. The minimum absolute atomic E-state index is 0.469. The van der Waals surface area contributed by atoms with E-state index < -0.39 is 17.7 Å². The number of alkyl halides is 3. The highest BCUT2D eigenvalue weighted by Gasteiger charge is 2.52. The van der Waals surface area contributed by atoms with Crippen LogP contribution in [0.2, 0.25) is 0 Å². The Hall–Kier alpha value is -0.740. The van der Waals surface area contributed by atoms with Crippen molar-refractivity contribution in [1.82, 2.24) is 0 Å². The highest BCUT2D eigenvalue weighted by atomic mass is 19.4. The largest absolute Gasteiger partial charge is 0.490 e. The molecule has 0 unspecified atom stereocenters. The third kappa shape index (κ3) is 1.60. The van der Waals surface area contributed by atoms with Gasteiger partial charge in [0.05, 0.1) is 0 Å². The van der Waals surface area contributed by atoms with E-state index in [4.69, 9.17) is 0 Å². The van der Waals surface area contributed by atoms with Crippen LogP contribution in [0, 0.1) is 5.92 Å². The van der Waals surface area contributed by atoms with Crippen LogP contribution in [0.1, 0.15) is 32.1 Å². The van der Waals surface area contributed by atoms with E-state index in [9.17, 15) is 18.0 Å². The summed E-state index contributed by atoms with van der Waals surface area (Å²) in [5.41, 5.74) is -0.780. The van der Waals surface area contributed by atoms with Crippen LogP contribution in [-0.4, -0.2) is 17.7 Å². The zero-order chi connectivity index (χ0) is 10.4. The summed E-state index contributed by atoms with van der Waals surface area (Å²) in [7, 11) is 0. The quantitative estimate of drug-likeness (QED) is 0.618. The van der Waals surface area contributed by atoms with E-state index in [2.05, 4.69) is 4.74 Å². The summed E-state index contributed by atoms with van der Waals surface area (Å²) < 4.78 is 40.4. The molecule has 0 spiro atoms. The summed E-state index contributed by atoms with van der Waals surface area (Å²) in [6.45, 7) is 0. The average Bonchev–Trinajstić information content (AvgIpc) is 2.61. The van der Waals surface area contributed by atoms with Gasteiger partial charge in [-0.15, -0.1) is 0 Å². The summed E-state index contributed by atoms with van der Waals surface area (Å²) in [5.74, 6) is -1.56. The molecule has 0 radical (unpaired) electrons. The van der Waals surface area contributed by atoms with Crippen LogP contribution in [-0.2, 0) is 9.53 Å². The Balaban J connectivity index is 2.01. The van der Waals surface area contributed by atoms with Crippen LogP contribution < -0.4 is 0 Å². The molecule has 14 heavy (non-hydrogen) atoms. The minimum Gasteiger partial charge on any atom is -0.452 e. The number of ether oxygens (including phenoxy) is 1. The lowest BCUT2D eigenvalue weighted by molar-refractivity contribution is -0.213. The van der Waals surface area contributed by atoms with E-state index in [-0.39, 0.29) is 0 Å². The van der Waals surface area contributed by atoms with Gasteiger partial charge < -0.3 is 4.74 Å². The first-order valence-electron chi connectivity index (χ1n) is 4.71. The van der Waals surface area contributed by atoms with E-state index in [0.29, 0.717) is 25.2 Å². The van der Waals surface area contributed by atoms with Crippen LogP contribution in [0.4, 0.5) is 13.2 Å². The molecular formula is C9H11F3O2. The minimum atomic E-state index is -4.85. The molecule has 2 bridgehead atoms. The zero-order valence-corrected chi connectivity index (χ0v) is 7.56. The first-order chi connectivity index (χ1) is 6.41. The topological polar surface area (TPSA) is 26.3 Å². The fourth-order valence-electron chi connectivity index (χ4n) is 2.54. The lowest BCUT2D eigenvalue weighted by atomic mass is 9.97. The van der Waals surface area contributed by atoms with Crippen LogP contribution in [0.3, 0.4) is 0 Å². The Morgan fingerprint density at radius 1 is 1.29 bits per heavy atom. The maximum atomic E-state index is 11.9. The molecule has 2 aliphatic carbocycles. The maximum Gasteiger partial charge on any atom is 0.490 e. The predicted molar refractivity (Wildman–Crippen MR) is 41.5 cm³/mol. The van der Waals surface area contributed by atoms with Crippen molar-refractivity contribution < 1.29 is 22.7 Å². The van der Waals surface area contributed by atoms with E-state index in [0.717, 1.165) is 12.8 Å². The molecule has 5 heteroatoms. The van der Waals surface area contributed by atoms with Crippen LogP contribution in [0.5, 0.6) is 0 Å². The van der Waals surface area contributed by atoms with Gasteiger partial charge >= 0.3 is 12.1 Å². The second-order valence-electron chi connectivity index (χ2n) is 4.22. The molecule has 2 rings (SSSR count). The van der Waals surface area contributed by atoms with Gasteiger partial charge in [0.25, 0.3) is 0 Å². The Kier molecular flexibility index (Phi) is 2.01. The first-order valence-corrected chi connectivity index (χ1v) is 4.71. The standard InChI is InChI=1S/C9H11F3O2/c10-9(11,12)7(13)14-8-3-1-6(5-8)2-4-8/h6H,1-5H2. The molecule has 2 aliphatic rings. The number of halogens is 3. The zero-order valence-electron chi connectivity index (χ0n) is 7.56. The van der Waals surface area contributed by atoms with Gasteiger partial charge in [-0.05, 0) is 38.0 Å². The van der Waals surface area contributed by atoms with Gasteiger partial charge in [-0.3, -0.25) is 0 Å². The van der Waals surface area contributed by atoms with Gasteiger partial charge in [-0.2, -0.15) is 13.2 Å². The Morgan fingerprint density at radius 3 is 2.21 bits per heavy atom. The fraction of sp³-hybridized carbons (Fsp3) is 0.889. The van der Waals surface area contributed by atoms with Gasteiger partial charge in [0, 0.05) is 0 Å². The van der Waals surface area contributed by atoms with Crippen molar-refractivity contribution >= 4 is 5.97 Å². The molecule has 2 fully saturated rings. The maximum absolute atomic E-state index is 11.9. The number of hydrogen-bond acceptors (Lipinski definition) is 2. The van der Waals surface area contributed by atoms with Crippen molar-refractivity contribution in [2.45, 2.75) is 43.9 Å². The number of hydrogen-bond donors (Lipinski definition) is 0. The third-order valence-electron chi connectivity index (χ3n) is 3.22. The molecule has 0 saturated heterocycles. The lowest BCUT2D eigenvalue weighted by Gasteiger charge is -2.26. The molecule has 2 nitrogen and oxygen atoms in total. The van der Waals surface area contributed by atoms with Crippen LogP contribution >= 0.6 is 0 Å². The van der Waals surface area contributed by atoms with E-state index >= 15 is 0 Å². The number of rotatable bonds is 1. The first kappa shape index (κ1) is 9.80. The average molecular weight is 208 g/mol. The predicted octanol–water partition coefficient (Wildman–Crippen LogP) is 2.42. The van der Waals surface area contributed by atoms with Crippen molar-refractivity contribution in [2.75, 3.05) is 0 Å². The van der Waals surface area contributed by atoms with Crippen molar-refractivity contribution in [3.05, 3.63) is 0 Å². The molecule has 80 valence electrons. The third-order valence-corrected chi connectivity index (χ3v) is 3.22. The van der Waals surface area contributed by atoms with E-state index in [1.54, 1.807) is 0 Å². The van der Waals surface area contributed by atoms with Gasteiger partial charge in [0.15, 0.2) is 0 Å². The molecule has 0 aliphatic heterocycles. The molecule has 0 atom stereocenters. The van der Waals surface area contributed by atoms with Crippen LogP contribution in [0.25, 0.3) is 0 Å². The Labute approximate surface area is 79.4 Å². The van der Waals surface area contributed by atoms with Gasteiger partial charge in [0.2, 0.25) is 0 Å². The van der Waals surface area contributed by atoms with E-state index in [1.807, 2.05) is 0 Å². The molecule has 0 N–H and O–H groups in total. The SMILES string of the molecule is O=C(OC12CCC(CC1)C2)C(F)(F)F. The Bertz CT molecular complexity index is 251. The molecule has 0 aromatic carbocycles. The molecule has 0 amide bonds. The summed E-state index contributed by atoms with van der Waals surface area (Å²) >= 11 is 0. The molecule has 0 aromatic rings.